The van der Waals surface area contributed by atoms with E-state index in [9.17, 15) is 19.1 Å². The highest BCUT2D eigenvalue weighted by Crippen LogP contribution is 2.30. The molecule has 0 saturated heterocycles. The van der Waals surface area contributed by atoms with Crippen molar-refractivity contribution in [1.82, 2.24) is 9.47 Å². The van der Waals surface area contributed by atoms with E-state index in [1.807, 2.05) is 19.0 Å². The first-order valence-corrected chi connectivity index (χ1v) is 10.2. The molecule has 0 saturated carbocycles. The van der Waals surface area contributed by atoms with Crippen molar-refractivity contribution in [3.63, 3.8) is 0 Å². The third-order valence-corrected chi connectivity index (χ3v) is 5.94. The van der Waals surface area contributed by atoms with Crippen LogP contribution in [0.2, 0.25) is 0 Å². The van der Waals surface area contributed by atoms with E-state index in [1.165, 1.54) is 29.5 Å². The number of nitrogens with zero attached hydrogens (tertiary/aromatic N) is 2. The van der Waals surface area contributed by atoms with Gasteiger partial charge in [0.2, 0.25) is 0 Å². The lowest BCUT2D eigenvalue weighted by Gasteiger charge is -2.10. The summed E-state index contributed by atoms with van der Waals surface area (Å²) in [5.74, 6) is -0.664. The molecule has 0 aliphatic carbocycles. The molecule has 4 rings (SSSR count). The molecular weight excluding hydrogens is 405 g/mol. The lowest BCUT2D eigenvalue weighted by Crippen LogP contribution is -2.36. The van der Waals surface area contributed by atoms with Gasteiger partial charge in [0.15, 0.2) is 0 Å². The summed E-state index contributed by atoms with van der Waals surface area (Å²) in [5, 5.41) is 12.2. The maximum absolute atomic E-state index is 13.9. The normalized spacial score (nSPS) is 15.6. The van der Waals surface area contributed by atoms with Gasteiger partial charge in [-0.05, 0) is 56.1 Å². The van der Waals surface area contributed by atoms with Crippen LogP contribution in [0.3, 0.4) is 0 Å². The van der Waals surface area contributed by atoms with Crippen LogP contribution in [0.4, 0.5) is 10.1 Å². The highest BCUT2D eigenvalue weighted by atomic mass is 32.1. The van der Waals surface area contributed by atoms with Crippen LogP contribution in [0.25, 0.3) is 11.6 Å². The molecule has 154 valence electrons. The molecule has 2 aromatic carbocycles. The fraction of sp³-hybridized carbons (Fsp3) is 0.182. The van der Waals surface area contributed by atoms with Crippen molar-refractivity contribution in [2.75, 3.05) is 26.0 Å². The number of phenolic OH excluding ortho intramolecular Hbond substituents is 1. The average molecular weight is 425 g/mol. The van der Waals surface area contributed by atoms with E-state index in [1.54, 1.807) is 34.9 Å². The molecule has 6 nitrogen and oxygen atoms in total. The number of benzene rings is 2. The summed E-state index contributed by atoms with van der Waals surface area (Å²) in [6, 6.07) is 10.6. The number of halogens is 1. The molecule has 1 aromatic heterocycles. The minimum absolute atomic E-state index is 0.138. The van der Waals surface area contributed by atoms with Crippen molar-refractivity contribution in [1.29, 1.82) is 0 Å². The van der Waals surface area contributed by atoms with Gasteiger partial charge in [0.05, 0.1) is 10.1 Å². The Labute approximate surface area is 175 Å². The Bertz CT molecular complexity index is 1310. The van der Waals surface area contributed by atoms with Gasteiger partial charge in [-0.2, -0.15) is 0 Å². The highest BCUT2D eigenvalue weighted by molar-refractivity contribution is 7.07. The van der Waals surface area contributed by atoms with Crippen LogP contribution >= 0.6 is 11.3 Å². The van der Waals surface area contributed by atoms with E-state index in [2.05, 4.69) is 5.32 Å². The van der Waals surface area contributed by atoms with E-state index in [4.69, 9.17) is 0 Å². The first-order chi connectivity index (χ1) is 14.3. The summed E-state index contributed by atoms with van der Waals surface area (Å²) < 4.78 is 16.4. The van der Waals surface area contributed by atoms with E-state index < -0.39 is 5.82 Å². The first kappa shape index (κ1) is 20.1. The molecule has 1 amide bonds. The summed E-state index contributed by atoms with van der Waals surface area (Å²) >= 11 is 1.20. The van der Waals surface area contributed by atoms with E-state index >= 15 is 0 Å². The monoisotopic (exact) mass is 425 g/mol. The third-order valence-electron chi connectivity index (χ3n) is 4.81. The zero-order valence-electron chi connectivity index (χ0n) is 16.5. The second-order valence-corrected chi connectivity index (χ2v) is 8.32. The predicted molar refractivity (Wildman–Crippen MR) is 116 cm³/mol. The van der Waals surface area contributed by atoms with Gasteiger partial charge in [-0.3, -0.25) is 14.2 Å². The van der Waals surface area contributed by atoms with Gasteiger partial charge in [-0.1, -0.05) is 12.1 Å². The number of carbonyl (C=O) groups is 1. The number of likely N-dealkylation sites (N-methyl/N-ethyl adjacent to an activating group) is 1. The molecule has 0 radical (unpaired) electrons. The van der Waals surface area contributed by atoms with Gasteiger partial charge >= 0.3 is 0 Å². The number of fused-ring (bicyclic) bond motifs is 1. The van der Waals surface area contributed by atoms with Gasteiger partial charge in [0.25, 0.3) is 11.5 Å². The maximum atomic E-state index is 13.9. The second-order valence-electron chi connectivity index (χ2n) is 7.29. The summed E-state index contributed by atoms with van der Waals surface area (Å²) in [4.78, 5) is 27.8. The smallest absolute Gasteiger partial charge is 0.269 e. The number of phenols is 1. The van der Waals surface area contributed by atoms with Gasteiger partial charge in [-0.25, -0.2) is 4.39 Å². The Balaban J connectivity index is 1.99. The Kier molecular flexibility index (Phi) is 5.27. The Morgan fingerprint density at radius 1 is 1.17 bits per heavy atom. The van der Waals surface area contributed by atoms with E-state index in [-0.39, 0.29) is 17.2 Å². The average Bonchev–Trinajstić information content (AvgIpc) is 3.17. The van der Waals surface area contributed by atoms with Crippen LogP contribution in [0, 0.1) is 5.82 Å². The molecule has 0 bridgehead atoms. The first-order valence-electron chi connectivity index (χ1n) is 9.34. The number of hydrogen-bond donors (Lipinski definition) is 2. The summed E-state index contributed by atoms with van der Waals surface area (Å²) in [5.41, 5.74) is 1.83. The van der Waals surface area contributed by atoms with Crippen molar-refractivity contribution < 1.29 is 14.3 Å². The number of amides is 1. The Morgan fingerprint density at radius 3 is 2.60 bits per heavy atom. The van der Waals surface area contributed by atoms with Gasteiger partial charge in [0, 0.05) is 24.3 Å². The zero-order chi connectivity index (χ0) is 21.4. The Hall–Kier alpha value is -3.23. The third kappa shape index (κ3) is 3.79. The lowest BCUT2D eigenvalue weighted by atomic mass is 10.1. The largest absolute Gasteiger partial charge is 0.508 e. The number of carbonyl (C=O) groups excluding carboxylic acids is 1. The fourth-order valence-electron chi connectivity index (χ4n) is 3.28. The van der Waals surface area contributed by atoms with Crippen molar-refractivity contribution in [3.8, 4) is 5.75 Å². The molecule has 3 aromatic rings. The molecule has 1 aliphatic rings. The highest BCUT2D eigenvalue weighted by Gasteiger charge is 2.27. The molecule has 1 aliphatic heterocycles. The van der Waals surface area contributed by atoms with Gasteiger partial charge in [-0.15, -0.1) is 11.3 Å². The number of aromatic hydroxyl groups is 1. The molecule has 2 heterocycles. The second kappa shape index (κ2) is 7.89. The topological polar surface area (TPSA) is 74.6 Å². The summed E-state index contributed by atoms with van der Waals surface area (Å²) in [6.07, 6.45) is 1.72. The van der Waals surface area contributed by atoms with E-state index in [0.29, 0.717) is 39.1 Å². The molecule has 0 fully saturated rings. The quantitative estimate of drug-likeness (QED) is 0.661. The van der Waals surface area contributed by atoms with Crippen LogP contribution in [0.5, 0.6) is 5.75 Å². The number of nitrogens with one attached hydrogen (secondary N) is 1. The van der Waals surface area contributed by atoms with Crippen molar-refractivity contribution >= 4 is 34.6 Å². The molecule has 2 N–H and O–H groups in total. The molecule has 0 spiro atoms. The Morgan fingerprint density at radius 2 is 1.90 bits per heavy atom. The van der Waals surface area contributed by atoms with Crippen LogP contribution in [0.15, 0.2) is 47.3 Å². The standard InChI is InChI=1S/C22H20FN3O3S/c1-25(2)9-10-26-21(29)18(11-13-3-6-15(27)7-4-13)30-22(26)19-16-12-14(23)5-8-17(16)24-20(19)28/h3-8,11-12,27H,9-10H2,1-2H3,(H,24,28)/b18-11?,22-19-. The minimum atomic E-state index is -0.447. The predicted octanol–water partition coefficient (Wildman–Crippen LogP) is 1.30. The molecule has 0 unspecified atom stereocenters. The summed E-state index contributed by atoms with van der Waals surface area (Å²) in [7, 11) is 3.81. The number of thiazole rings is 1. The lowest BCUT2D eigenvalue weighted by molar-refractivity contribution is -0.110. The number of hydrogen-bond acceptors (Lipinski definition) is 5. The van der Waals surface area contributed by atoms with Crippen LogP contribution < -0.4 is 20.1 Å². The number of aromatic nitrogens is 1. The summed E-state index contributed by atoms with van der Waals surface area (Å²) in [6.45, 7) is 0.996. The molecule has 0 atom stereocenters. The van der Waals surface area contributed by atoms with Crippen LogP contribution in [0.1, 0.15) is 11.1 Å². The van der Waals surface area contributed by atoms with E-state index in [0.717, 1.165) is 5.56 Å². The van der Waals surface area contributed by atoms with Crippen molar-refractivity contribution in [2.24, 2.45) is 0 Å². The van der Waals surface area contributed by atoms with Crippen molar-refractivity contribution in [3.05, 3.63) is 79.0 Å². The minimum Gasteiger partial charge on any atom is -0.508 e. The number of anilines is 1. The van der Waals surface area contributed by atoms with Crippen molar-refractivity contribution in [2.45, 2.75) is 6.54 Å². The van der Waals surface area contributed by atoms with Gasteiger partial charge in [0.1, 0.15) is 16.2 Å². The number of rotatable bonds is 4. The molecular formula is C22H20FN3O3S. The zero-order valence-corrected chi connectivity index (χ0v) is 17.3. The maximum Gasteiger partial charge on any atom is 0.269 e. The molecule has 30 heavy (non-hydrogen) atoms. The van der Waals surface area contributed by atoms with Crippen LogP contribution in [-0.2, 0) is 11.3 Å². The SMILES string of the molecule is CN(C)CCn1c(=O)c(=Cc2ccc(O)cc2)s/c1=C1\C(=O)Nc2ccc(F)cc21. The fourth-order valence-corrected chi connectivity index (χ4v) is 4.47. The molecule has 8 heteroatoms. The van der Waals surface area contributed by atoms with Gasteiger partial charge < -0.3 is 15.3 Å². The van der Waals surface area contributed by atoms with Crippen LogP contribution in [-0.4, -0.2) is 41.1 Å².